The van der Waals surface area contributed by atoms with Crippen molar-refractivity contribution < 1.29 is 33.7 Å². The Balaban J connectivity index is 1.78. The van der Waals surface area contributed by atoms with Crippen molar-refractivity contribution in [1.29, 1.82) is 0 Å². The van der Waals surface area contributed by atoms with Crippen molar-refractivity contribution in [2.24, 2.45) is 5.41 Å². The van der Waals surface area contributed by atoms with Crippen molar-refractivity contribution in [3.05, 3.63) is 23.8 Å². The van der Waals surface area contributed by atoms with E-state index in [4.69, 9.17) is 19.3 Å². The number of nitrogens with zero attached hydrogens (tertiary/aromatic N) is 1. The maximum absolute atomic E-state index is 13.0. The topological polar surface area (TPSA) is 114 Å². The van der Waals surface area contributed by atoms with E-state index in [9.17, 15) is 14.4 Å². The number of carbonyl (C=O) groups excluding carboxylic acids is 2. The summed E-state index contributed by atoms with van der Waals surface area (Å²) >= 11 is 0. The Bertz CT molecular complexity index is 822. The number of hydrogen-bond donors (Lipinski definition) is 2. The maximum Gasteiger partial charge on any atom is 0.329 e. The van der Waals surface area contributed by atoms with E-state index in [0.717, 1.165) is 16.9 Å². The number of aliphatic carboxylic acids is 1. The summed E-state index contributed by atoms with van der Waals surface area (Å²) in [6, 6.07) is 4.53. The van der Waals surface area contributed by atoms with E-state index < -0.39 is 30.3 Å². The number of hydrogen-bond acceptors (Lipinski definition) is 6. The molecule has 0 aromatic heterocycles. The molecule has 0 aliphatic carbocycles. The van der Waals surface area contributed by atoms with Crippen molar-refractivity contribution >= 4 is 17.9 Å². The molecule has 3 amide bonds. The third-order valence-corrected chi connectivity index (χ3v) is 5.87. The van der Waals surface area contributed by atoms with Crippen LogP contribution in [-0.4, -0.2) is 47.5 Å². The van der Waals surface area contributed by atoms with Gasteiger partial charge in [-0.3, -0.25) is 4.79 Å². The molecular formula is C21H28N2O7. The minimum atomic E-state index is -1.15. The van der Waals surface area contributed by atoms with E-state index in [-0.39, 0.29) is 18.7 Å². The molecule has 1 saturated heterocycles. The molecule has 3 rings (SSSR count). The van der Waals surface area contributed by atoms with Crippen LogP contribution in [-0.2, 0) is 14.3 Å². The summed E-state index contributed by atoms with van der Waals surface area (Å²) in [6.07, 6.45) is 1.46. The van der Waals surface area contributed by atoms with Crippen LogP contribution in [0.1, 0.15) is 58.1 Å². The van der Waals surface area contributed by atoms with Crippen LogP contribution in [0.3, 0.4) is 0 Å². The first-order valence-electron chi connectivity index (χ1n) is 10.2. The Morgan fingerprint density at radius 1 is 1.27 bits per heavy atom. The normalized spacial score (nSPS) is 19.9. The molecule has 1 aromatic rings. The van der Waals surface area contributed by atoms with Gasteiger partial charge in [-0.1, -0.05) is 33.3 Å². The van der Waals surface area contributed by atoms with Crippen LogP contribution in [0.5, 0.6) is 11.5 Å². The zero-order chi connectivity index (χ0) is 21.9. The number of carbonyl (C=O) groups is 3. The van der Waals surface area contributed by atoms with Gasteiger partial charge in [0, 0.05) is 0 Å². The largest absolute Gasteiger partial charge is 0.480 e. The third kappa shape index (κ3) is 3.81. The van der Waals surface area contributed by atoms with Crippen LogP contribution in [0.2, 0.25) is 0 Å². The van der Waals surface area contributed by atoms with Crippen LogP contribution in [0, 0.1) is 5.41 Å². The van der Waals surface area contributed by atoms with Crippen molar-refractivity contribution in [1.82, 2.24) is 10.2 Å². The van der Waals surface area contributed by atoms with Crippen LogP contribution in [0.4, 0.5) is 4.79 Å². The minimum Gasteiger partial charge on any atom is -0.480 e. The number of amides is 3. The Morgan fingerprint density at radius 3 is 2.60 bits per heavy atom. The molecule has 2 N–H and O–H groups in total. The van der Waals surface area contributed by atoms with Crippen molar-refractivity contribution in [3.8, 4) is 11.5 Å². The molecular weight excluding hydrogens is 392 g/mol. The Morgan fingerprint density at radius 2 is 1.97 bits per heavy atom. The highest BCUT2D eigenvalue weighted by Gasteiger charge is 2.62. The van der Waals surface area contributed by atoms with Crippen LogP contribution in [0.15, 0.2) is 18.2 Å². The lowest BCUT2D eigenvalue weighted by molar-refractivity contribution is -0.213. The van der Waals surface area contributed by atoms with Gasteiger partial charge in [0.1, 0.15) is 6.61 Å². The summed E-state index contributed by atoms with van der Waals surface area (Å²) in [7, 11) is 0. The Hall–Kier alpha value is -2.81. The number of nitrogens with one attached hydrogen (secondary N) is 1. The molecule has 0 unspecified atom stereocenters. The van der Waals surface area contributed by atoms with Gasteiger partial charge >= 0.3 is 12.0 Å². The number of likely N-dealkylation sites (tertiary alicyclic amines) is 1. The molecule has 0 spiro atoms. The lowest BCUT2D eigenvalue weighted by atomic mass is 9.72. The lowest BCUT2D eigenvalue weighted by Crippen LogP contribution is -2.72. The number of benzene rings is 1. The second-order valence-corrected chi connectivity index (χ2v) is 7.50. The summed E-state index contributed by atoms with van der Waals surface area (Å²) in [5.74, 6) is -0.237. The summed E-state index contributed by atoms with van der Waals surface area (Å²) in [5, 5.41) is 11.9. The SMILES string of the molecule is CCC[C@@H](NC(=O)N1C(=O)C(CC)(CC)[C@@H]1OCC(=O)O)c1ccc2c(c1)OCO2. The van der Waals surface area contributed by atoms with Gasteiger partial charge in [0.05, 0.1) is 11.5 Å². The van der Waals surface area contributed by atoms with E-state index in [1.807, 2.05) is 32.9 Å². The lowest BCUT2D eigenvalue weighted by Gasteiger charge is -2.53. The van der Waals surface area contributed by atoms with Gasteiger partial charge in [0.15, 0.2) is 17.7 Å². The van der Waals surface area contributed by atoms with Gasteiger partial charge in [0.2, 0.25) is 12.7 Å². The van der Waals surface area contributed by atoms with Crippen LogP contribution < -0.4 is 14.8 Å². The number of imide groups is 1. The number of β-lactam (4-membered cyclic amide) rings is 1. The molecule has 0 bridgehead atoms. The Labute approximate surface area is 175 Å². The predicted octanol–water partition coefficient (Wildman–Crippen LogP) is 3.04. The van der Waals surface area contributed by atoms with Gasteiger partial charge in [-0.15, -0.1) is 0 Å². The fourth-order valence-corrected chi connectivity index (χ4v) is 4.08. The highest BCUT2D eigenvalue weighted by atomic mass is 16.7. The van der Waals surface area contributed by atoms with E-state index in [1.54, 1.807) is 6.07 Å². The fourth-order valence-electron chi connectivity index (χ4n) is 4.08. The van der Waals surface area contributed by atoms with Gasteiger partial charge < -0.3 is 24.6 Å². The summed E-state index contributed by atoms with van der Waals surface area (Å²) < 4.78 is 16.2. The summed E-state index contributed by atoms with van der Waals surface area (Å²) in [5.41, 5.74) is -0.0473. The van der Waals surface area contributed by atoms with E-state index in [0.29, 0.717) is 30.8 Å². The van der Waals surface area contributed by atoms with Gasteiger partial charge in [-0.05, 0) is 37.0 Å². The highest BCUT2D eigenvalue weighted by Crippen LogP contribution is 2.46. The smallest absolute Gasteiger partial charge is 0.329 e. The van der Waals surface area contributed by atoms with Gasteiger partial charge in [-0.25, -0.2) is 14.5 Å². The number of rotatable bonds is 9. The molecule has 2 atom stereocenters. The maximum atomic E-state index is 13.0. The molecule has 30 heavy (non-hydrogen) atoms. The monoisotopic (exact) mass is 420 g/mol. The molecule has 2 heterocycles. The molecule has 2 aliphatic rings. The molecule has 0 saturated carbocycles. The predicted molar refractivity (Wildman–Crippen MR) is 106 cm³/mol. The van der Waals surface area contributed by atoms with Crippen molar-refractivity contribution in [3.63, 3.8) is 0 Å². The van der Waals surface area contributed by atoms with Crippen LogP contribution in [0.25, 0.3) is 0 Å². The first kappa shape index (κ1) is 21.9. The van der Waals surface area contributed by atoms with Gasteiger partial charge in [0.25, 0.3) is 0 Å². The molecule has 9 heteroatoms. The third-order valence-electron chi connectivity index (χ3n) is 5.87. The molecule has 1 fully saturated rings. The van der Waals surface area contributed by atoms with E-state index >= 15 is 0 Å². The number of ether oxygens (including phenoxy) is 3. The molecule has 2 aliphatic heterocycles. The molecule has 9 nitrogen and oxygen atoms in total. The zero-order valence-corrected chi connectivity index (χ0v) is 17.5. The van der Waals surface area contributed by atoms with E-state index in [1.165, 1.54) is 0 Å². The number of carboxylic acid groups (broad SMARTS) is 1. The van der Waals surface area contributed by atoms with Gasteiger partial charge in [-0.2, -0.15) is 0 Å². The number of urea groups is 1. The zero-order valence-electron chi connectivity index (χ0n) is 17.5. The second kappa shape index (κ2) is 8.91. The minimum absolute atomic E-state index is 0.157. The fraction of sp³-hybridized carbons (Fsp3) is 0.571. The first-order chi connectivity index (χ1) is 14.4. The van der Waals surface area contributed by atoms with Crippen molar-refractivity contribution in [2.45, 2.75) is 58.7 Å². The number of fused-ring (bicyclic) bond motifs is 1. The molecule has 0 radical (unpaired) electrons. The second-order valence-electron chi connectivity index (χ2n) is 7.50. The molecule has 164 valence electrons. The molecule has 1 aromatic carbocycles. The summed E-state index contributed by atoms with van der Waals surface area (Å²) in [6.45, 7) is 5.24. The quantitative estimate of drug-likeness (QED) is 0.590. The van der Waals surface area contributed by atoms with E-state index in [2.05, 4.69) is 5.32 Å². The standard InChI is InChI=1S/C21H28N2O7/c1-4-7-14(13-8-9-15-16(10-13)30-12-29-15)22-20(27)23-18(26)21(5-2,6-3)19(23)28-11-17(24)25/h8-10,14,19H,4-7,11-12H2,1-3H3,(H,22,27)(H,24,25)/t14-,19+/m1/s1. The highest BCUT2D eigenvalue weighted by molar-refractivity contribution is 6.03. The van der Waals surface area contributed by atoms with Crippen molar-refractivity contribution in [2.75, 3.05) is 13.4 Å². The number of carboxylic acids is 1. The average Bonchev–Trinajstić information content (AvgIpc) is 3.19. The summed E-state index contributed by atoms with van der Waals surface area (Å²) in [4.78, 5) is 37.9. The Kier molecular flexibility index (Phi) is 6.50. The van der Waals surface area contributed by atoms with Crippen LogP contribution >= 0.6 is 0 Å². The average molecular weight is 420 g/mol. The first-order valence-corrected chi connectivity index (χ1v) is 10.2.